The van der Waals surface area contributed by atoms with E-state index in [2.05, 4.69) is 5.32 Å². The average Bonchev–Trinajstić information content (AvgIpc) is 3.02. The summed E-state index contributed by atoms with van der Waals surface area (Å²) in [6, 6.07) is 0.721. The van der Waals surface area contributed by atoms with Crippen molar-refractivity contribution in [1.82, 2.24) is 5.32 Å². The molecule has 1 N–H and O–H groups in total. The van der Waals surface area contributed by atoms with Crippen molar-refractivity contribution in [3.05, 3.63) is 0 Å². The van der Waals surface area contributed by atoms with Crippen LogP contribution in [0.25, 0.3) is 0 Å². The second kappa shape index (κ2) is 5.56. The molecule has 20 heavy (non-hydrogen) atoms. The molecule has 2 saturated carbocycles. The highest BCUT2D eigenvalue weighted by atomic mass is 16.5. The van der Waals surface area contributed by atoms with Crippen LogP contribution in [0, 0.1) is 11.3 Å². The summed E-state index contributed by atoms with van der Waals surface area (Å²) in [5, 5.41) is 3.82. The van der Waals surface area contributed by atoms with Gasteiger partial charge < -0.3 is 19.5 Å². The molecule has 4 nitrogen and oxygen atoms in total. The smallest absolute Gasteiger partial charge is 0.0830 e. The molecule has 4 rings (SSSR count). The second-order valence-electron chi connectivity index (χ2n) is 6.97. The SMILES string of the molecule is C(CN[C@H]1[C@H]2CCO[C@H]2C12CCC2)CO[C@H]1CCOC1. The van der Waals surface area contributed by atoms with Gasteiger partial charge in [0.1, 0.15) is 0 Å². The van der Waals surface area contributed by atoms with Crippen LogP contribution in [0.15, 0.2) is 0 Å². The first-order chi connectivity index (χ1) is 9.90. The van der Waals surface area contributed by atoms with Crippen LogP contribution in [-0.4, -0.2) is 51.2 Å². The summed E-state index contributed by atoms with van der Waals surface area (Å²) in [5.74, 6) is 0.791. The third-order valence-corrected chi connectivity index (χ3v) is 5.96. The quantitative estimate of drug-likeness (QED) is 0.753. The maximum Gasteiger partial charge on any atom is 0.0830 e. The van der Waals surface area contributed by atoms with Crippen LogP contribution in [0.2, 0.25) is 0 Å². The summed E-state index contributed by atoms with van der Waals surface area (Å²) < 4.78 is 17.1. The minimum Gasteiger partial charge on any atom is -0.379 e. The number of hydrogen-bond donors (Lipinski definition) is 1. The Balaban J connectivity index is 1.18. The number of nitrogens with one attached hydrogen (secondary N) is 1. The molecule has 0 aromatic carbocycles. The van der Waals surface area contributed by atoms with E-state index in [0.717, 1.165) is 57.8 Å². The number of rotatable bonds is 6. The maximum atomic E-state index is 5.96. The Morgan fingerprint density at radius 1 is 1.20 bits per heavy atom. The van der Waals surface area contributed by atoms with Gasteiger partial charge in [-0.05, 0) is 38.6 Å². The first-order valence-electron chi connectivity index (χ1n) is 8.44. The molecule has 2 aliphatic carbocycles. The average molecular weight is 281 g/mol. The van der Waals surface area contributed by atoms with E-state index in [0.29, 0.717) is 17.6 Å². The highest BCUT2D eigenvalue weighted by Crippen LogP contribution is 2.62. The summed E-state index contributed by atoms with van der Waals surface area (Å²) in [5.41, 5.74) is 0.515. The summed E-state index contributed by atoms with van der Waals surface area (Å²) in [4.78, 5) is 0. The van der Waals surface area contributed by atoms with Gasteiger partial charge in [0.2, 0.25) is 0 Å². The Bertz CT molecular complexity index is 339. The fraction of sp³-hybridized carbons (Fsp3) is 1.00. The van der Waals surface area contributed by atoms with E-state index in [4.69, 9.17) is 14.2 Å². The molecule has 4 atom stereocenters. The number of fused-ring (bicyclic) bond motifs is 2. The minimum absolute atomic E-state index is 0.351. The van der Waals surface area contributed by atoms with Crippen LogP contribution in [0.1, 0.15) is 38.5 Å². The normalized spacial score (nSPS) is 41.4. The van der Waals surface area contributed by atoms with Crippen molar-refractivity contribution in [2.45, 2.75) is 56.8 Å². The van der Waals surface area contributed by atoms with Crippen molar-refractivity contribution in [2.24, 2.45) is 11.3 Å². The van der Waals surface area contributed by atoms with Crippen LogP contribution < -0.4 is 5.32 Å². The van der Waals surface area contributed by atoms with Crippen molar-refractivity contribution in [3.8, 4) is 0 Å². The van der Waals surface area contributed by atoms with E-state index < -0.39 is 0 Å². The molecule has 4 aliphatic rings. The van der Waals surface area contributed by atoms with E-state index in [1.807, 2.05) is 0 Å². The zero-order valence-electron chi connectivity index (χ0n) is 12.3. The molecule has 0 aromatic rings. The van der Waals surface area contributed by atoms with Crippen LogP contribution in [0.3, 0.4) is 0 Å². The lowest BCUT2D eigenvalue weighted by atomic mass is 9.46. The van der Waals surface area contributed by atoms with Crippen LogP contribution in [0.4, 0.5) is 0 Å². The zero-order valence-corrected chi connectivity index (χ0v) is 12.3. The number of hydrogen-bond acceptors (Lipinski definition) is 4. The maximum absolute atomic E-state index is 5.96. The van der Waals surface area contributed by atoms with E-state index in [9.17, 15) is 0 Å². The van der Waals surface area contributed by atoms with Crippen molar-refractivity contribution < 1.29 is 14.2 Å². The monoisotopic (exact) mass is 281 g/mol. The summed E-state index contributed by atoms with van der Waals surface area (Å²) in [6.45, 7) is 4.60. The molecule has 0 radical (unpaired) electrons. The first-order valence-corrected chi connectivity index (χ1v) is 8.44. The predicted molar refractivity (Wildman–Crippen MR) is 75.7 cm³/mol. The van der Waals surface area contributed by atoms with Crippen molar-refractivity contribution >= 4 is 0 Å². The molecular formula is C16H27NO3. The van der Waals surface area contributed by atoms with E-state index >= 15 is 0 Å². The predicted octanol–water partition coefficient (Wildman–Crippen LogP) is 1.73. The fourth-order valence-electron chi connectivity index (χ4n) is 4.78. The van der Waals surface area contributed by atoms with Gasteiger partial charge in [-0.1, -0.05) is 6.42 Å². The molecule has 114 valence electrons. The third-order valence-electron chi connectivity index (χ3n) is 5.96. The van der Waals surface area contributed by atoms with Gasteiger partial charge in [0.05, 0.1) is 18.8 Å². The summed E-state index contributed by atoms with van der Waals surface area (Å²) in [7, 11) is 0. The Morgan fingerprint density at radius 3 is 2.90 bits per heavy atom. The Kier molecular flexibility index (Phi) is 3.75. The Hall–Kier alpha value is -0.160. The molecule has 0 aromatic heterocycles. The molecule has 0 unspecified atom stereocenters. The second-order valence-corrected chi connectivity index (χ2v) is 6.97. The van der Waals surface area contributed by atoms with E-state index in [1.54, 1.807) is 0 Å². The molecular weight excluding hydrogens is 254 g/mol. The van der Waals surface area contributed by atoms with Gasteiger partial charge in [0, 0.05) is 37.2 Å². The largest absolute Gasteiger partial charge is 0.379 e. The Labute approximate surface area is 121 Å². The van der Waals surface area contributed by atoms with E-state index in [-0.39, 0.29) is 0 Å². The van der Waals surface area contributed by atoms with Crippen LogP contribution in [0.5, 0.6) is 0 Å². The lowest BCUT2D eigenvalue weighted by molar-refractivity contribution is -0.176. The standard InChI is InChI=1S/C16H27NO3/c1-5-16(6-1)14(13-4-10-20-15(13)16)17-7-2-8-19-12-3-9-18-11-12/h12-15,17H,1-11H2/t12-,13+,14-,15+/m0/s1. The first kappa shape index (κ1) is 13.5. The van der Waals surface area contributed by atoms with Crippen molar-refractivity contribution in [1.29, 1.82) is 0 Å². The van der Waals surface area contributed by atoms with Crippen molar-refractivity contribution in [2.75, 3.05) is 33.0 Å². The number of ether oxygens (including phenoxy) is 3. The van der Waals surface area contributed by atoms with E-state index in [1.165, 1.54) is 25.7 Å². The van der Waals surface area contributed by atoms with Gasteiger partial charge in [-0.3, -0.25) is 0 Å². The van der Waals surface area contributed by atoms with Gasteiger partial charge in [-0.2, -0.15) is 0 Å². The molecule has 1 spiro atoms. The lowest BCUT2D eigenvalue weighted by Gasteiger charge is -2.63. The van der Waals surface area contributed by atoms with Crippen molar-refractivity contribution in [3.63, 3.8) is 0 Å². The third kappa shape index (κ3) is 2.12. The van der Waals surface area contributed by atoms with Gasteiger partial charge in [0.25, 0.3) is 0 Å². The molecule has 0 amide bonds. The minimum atomic E-state index is 0.351. The Morgan fingerprint density at radius 2 is 2.15 bits per heavy atom. The van der Waals surface area contributed by atoms with Crippen LogP contribution >= 0.6 is 0 Å². The molecule has 4 fully saturated rings. The summed E-state index contributed by atoms with van der Waals surface area (Å²) >= 11 is 0. The highest BCUT2D eigenvalue weighted by molar-refractivity contribution is 5.18. The van der Waals surface area contributed by atoms with Gasteiger partial charge in [-0.15, -0.1) is 0 Å². The lowest BCUT2D eigenvalue weighted by Crippen LogP contribution is -2.71. The van der Waals surface area contributed by atoms with Gasteiger partial charge in [0.15, 0.2) is 0 Å². The molecule has 2 heterocycles. The summed E-state index contributed by atoms with van der Waals surface area (Å²) in [6.07, 6.45) is 8.53. The zero-order chi connectivity index (χ0) is 13.4. The fourth-order valence-corrected chi connectivity index (χ4v) is 4.78. The van der Waals surface area contributed by atoms with Crippen LogP contribution in [-0.2, 0) is 14.2 Å². The van der Waals surface area contributed by atoms with Gasteiger partial charge >= 0.3 is 0 Å². The molecule has 4 heteroatoms. The van der Waals surface area contributed by atoms with Gasteiger partial charge in [-0.25, -0.2) is 0 Å². The topological polar surface area (TPSA) is 39.7 Å². The molecule has 2 saturated heterocycles. The molecule has 0 bridgehead atoms. The molecule has 2 aliphatic heterocycles. The highest BCUT2D eigenvalue weighted by Gasteiger charge is 2.66.